The van der Waals surface area contributed by atoms with E-state index in [0.29, 0.717) is 22.4 Å². The van der Waals surface area contributed by atoms with Gasteiger partial charge in [-0.05, 0) is 29.5 Å². The molecular formula is C15H21ClFNO. The van der Waals surface area contributed by atoms with E-state index < -0.39 is 5.82 Å². The fourth-order valence-corrected chi connectivity index (χ4v) is 2.34. The maximum Gasteiger partial charge on any atom is 0.224 e. The molecule has 0 saturated carbocycles. The van der Waals surface area contributed by atoms with Gasteiger partial charge in [-0.3, -0.25) is 4.79 Å². The molecule has 4 heteroatoms. The number of hydrogen-bond acceptors (Lipinski definition) is 1. The Balaban J connectivity index is 2.69. The van der Waals surface area contributed by atoms with Gasteiger partial charge >= 0.3 is 0 Å². The summed E-state index contributed by atoms with van der Waals surface area (Å²) < 4.78 is 13.6. The Labute approximate surface area is 119 Å². The molecule has 0 saturated heterocycles. The number of benzene rings is 1. The number of carbonyl (C=O) groups is 1. The minimum atomic E-state index is -0.437. The Morgan fingerprint density at radius 2 is 1.84 bits per heavy atom. The first kappa shape index (κ1) is 16.0. The van der Waals surface area contributed by atoms with Gasteiger partial charge < -0.3 is 5.32 Å². The molecule has 0 heterocycles. The molecule has 1 aromatic carbocycles. The van der Waals surface area contributed by atoms with Gasteiger partial charge in [-0.15, -0.1) is 0 Å². The lowest BCUT2D eigenvalue weighted by Gasteiger charge is -2.26. The van der Waals surface area contributed by atoms with Gasteiger partial charge in [0.2, 0.25) is 5.91 Å². The molecule has 0 spiro atoms. The molecule has 0 fully saturated rings. The number of halogens is 2. The summed E-state index contributed by atoms with van der Waals surface area (Å²) in [5, 5.41) is 3.30. The highest BCUT2D eigenvalue weighted by Gasteiger charge is 2.20. The van der Waals surface area contributed by atoms with Gasteiger partial charge in [0.1, 0.15) is 5.82 Å². The minimum Gasteiger partial charge on any atom is -0.353 e. The lowest BCUT2D eigenvalue weighted by Crippen LogP contribution is -2.42. The Morgan fingerprint density at radius 3 is 2.32 bits per heavy atom. The van der Waals surface area contributed by atoms with Crippen LogP contribution in [0.4, 0.5) is 4.39 Å². The zero-order valence-corrected chi connectivity index (χ0v) is 12.6. The number of hydrogen-bond donors (Lipinski definition) is 1. The van der Waals surface area contributed by atoms with E-state index in [1.165, 1.54) is 6.07 Å². The highest BCUT2D eigenvalue weighted by molar-refractivity contribution is 6.30. The Morgan fingerprint density at radius 1 is 1.26 bits per heavy atom. The average molecular weight is 286 g/mol. The van der Waals surface area contributed by atoms with Gasteiger partial charge in [-0.1, -0.05) is 45.4 Å². The van der Waals surface area contributed by atoms with Crippen molar-refractivity contribution in [1.29, 1.82) is 0 Å². The number of nitrogens with one attached hydrogen (secondary N) is 1. The molecule has 0 aliphatic carbocycles. The van der Waals surface area contributed by atoms with Crippen molar-refractivity contribution in [3.8, 4) is 0 Å². The van der Waals surface area contributed by atoms with Crippen LogP contribution in [0.15, 0.2) is 18.2 Å². The molecule has 2 nitrogen and oxygen atoms in total. The Kier molecular flexibility index (Phi) is 5.80. The molecule has 0 unspecified atom stereocenters. The lowest BCUT2D eigenvalue weighted by atomic mass is 9.93. The van der Waals surface area contributed by atoms with Crippen molar-refractivity contribution >= 4 is 17.5 Å². The van der Waals surface area contributed by atoms with Crippen LogP contribution in [-0.4, -0.2) is 11.9 Å². The molecule has 1 rings (SSSR count). The number of amides is 1. The predicted molar refractivity (Wildman–Crippen MR) is 76.7 cm³/mol. The van der Waals surface area contributed by atoms with Gasteiger partial charge in [-0.25, -0.2) is 4.39 Å². The monoisotopic (exact) mass is 285 g/mol. The normalized spacial score (nSPS) is 11.4. The maximum atomic E-state index is 13.6. The molecule has 19 heavy (non-hydrogen) atoms. The molecule has 0 aliphatic heterocycles. The van der Waals surface area contributed by atoms with Crippen molar-refractivity contribution in [2.24, 2.45) is 11.8 Å². The molecule has 0 aliphatic rings. The quantitative estimate of drug-likeness (QED) is 0.875. The van der Waals surface area contributed by atoms with E-state index >= 15 is 0 Å². The smallest absolute Gasteiger partial charge is 0.224 e. The van der Waals surface area contributed by atoms with E-state index in [1.54, 1.807) is 12.1 Å². The van der Waals surface area contributed by atoms with Gasteiger partial charge in [0, 0.05) is 11.1 Å². The van der Waals surface area contributed by atoms with Crippen molar-refractivity contribution in [2.75, 3.05) is 0 Å². The van der Waals surface area contributed by atoms with Crippen LogP contribution >= 0.6 is 11.6 Å². The topological polar surface area (TPSA) is 29.1 Å². The summed E-state index contributed by atoms with van der Waals surface area (Å²) in [4.78, 5) is 12.0. The van der Waals surface area contributed by atoms with E-state index in [9.17, 15) is 9.18 Å². The SMILES string of the molecule is CC(C)C(NC(=O)Cc1ccc(Cl)cc1F)C(C)C. The van der Waals surface area contributed by atoms with Gasteiger partial charge in [0.05, 0.1) is 6.42 Å². The number of carbonyl (C=O) groups excluding carboxylic acids is 1. The van der Waals surface area contributed by atoms with Crippen LogP contribution < -0.4 is 5.32 Å². The third-order valence-electron chi connectivity index (χ3n) is 3.13. The molecule has 0 aromatic heterocycles. The summed E-state index contributed by atoms with van der Waals surface area (Å²) in [5.41, 5.74) is 0.369. The average Bonchev–Trinajstić information content (AvgIpc) is 2.29. The van der Waals surface area contributed by atoms with Gasteiger partial charge in [0.25, 0.3) is 0 Å². The molecule has 1 N–H and O–H groups in total. The summed E-state index contributed by atoms with van der Waals surface area (Å²) >= 11 is 5.68. The second-order valence-electron chi connectivity index (χ2n) is 5.49. The van der Waals surface area contributed by atoms with Crippen LogP contribution in [0, 0.1) is 17.7 Å². The second kappa shape index (κ2) is 6.90. The Bertz CT molecular complexity index is 438. The zero-order valence-electron chi connectivity index (χ0n) is 11.8. The van der Waals surface area contributed by atoms with E-state index in [1.807, 2.05) is 0 Å². The maximum absolute atomic E-state index is 13.6. The van der Waals surface area contributed by atoms with Crippen molar-refractivity contribution in [3.05, 3.63) is 34.6 Å². The highest BCUT2D eigenvalue weighted by Crippen LogP contribution is 2.16. The molecule has 106 valence electrons. The van der Waals surface area contributed by atoms with Crippen molar-refractivity contribution in [1.82, 2.24) is 5.32 Å². The summed E-state index contributed by atoms with van der Waals surface area (Å²) in [7, 11) is 0. The minimum absolute atomic E-state index is 0.0406. The first-order chi connectivity index (χ1) is 8.81. The van der Waals surface area contributed by atoms with Crippen molar-refractivity contribution in [3.63, 3.8) is 0 Å². The highest BCUT2D eigenvalue weighted by atomic mass is 35.5. The van der Waals surface area contributed by atoms with Gasteiger partial charge in [-0.2, -0.15) is 0 Å². The zero-order chi connectivity index (χ0) is 14.6. The van der Waals surface area contributed by atoms with Crippen LogP contribution in [0.3, 0.4) is 0 Å². The fourth-order valence-electron chi connectivity index (χ4n) is 2.18. The van der Waals surface area contributed by atoms with Crippen molar-refractivity contribution in [2.45, 2.75) is 40.2 Å². The third kappa shape index (κ3) is 4.83. The van der Waals surface area contributed by atoms with Crippen LogP contribution in [0.5, 0.6) is 0 Å². The van der Waals surface area contributed by atoms with Gasteiger partial charge in [0.15, 0.2) is 0 Å². The molecule has 0 radical (unpaired) electrons. The van der Waals surface area contributed by atoms with E-state index in [2.05, 4.69) is 33.0 Å². The van der Waals surface area contributed by atoms with Crippen molar-refractivity contribution < 1.29 is 9.18 Å². The third-order valence-corrected chi connectivity index (χ3v) is 3.37. The molecular weight excluding hydrogens is 265 g/mol. The molecule has 1 aromatic rings. The summed E-state index contributed by atoms with van der Waals surface area (Å²) in [6, 6.07) is 4.47. The molecule has 1 amide bonds. The van der Waals surface area contributed by atoms with E-state index in [4.69, 9.17) is 11.6 Å². The lowest BCUT2D eigenvalue weighted by molar-refractivity contribution is -0.121. The standard InChI is InChI=1S/C15H21ClFNO/c1-9(2)15(10(3)4)18-14(19)7-11-5-6-12(16)8-13(11)17/h5-6,8-10,15H,7H2,1-4H3,(H,18,19). The second-order valence-corrected chi connectivity index (χ2v) is 5.93. The van der Waals surface area contributed by atoms with E-state index in [-0.39, 0.29) is 18.4 Å². The fraction of sp³-hybridized carbons (Fsp3) is 0.533. The summed E-state index contributed by atoms with van der Waals surface area (Å²) in [5.74, 6) is 0.0972. The molecule has 0 atom stereocenters. The Hall–Kier alpha value is -1.09. The first-order valence-corrected chi connectivity index (χ1v) is 6.92. The van der Waals surface area contributed by atoms with E-state index in [0.717, 1.165) is 0 Å². The number of rotatable bonds is 5. The summed E-state index contributed by atoms with van der Waals surface area (Å²) in [6.45, 7) is 8.25. The largest absolute Gasteiger partial charge is 0.353 e. The molecule has 0 bridgehead atoms. The van der Waals surface area contributed by atoms with Crippen LogP contribution in [-0.2, 0) is 11.2 Å². The predicted octanol–water partition coefficient (Wildman–Crippen LogP) is 3.82. The van der Waals surface area contributed by atoms with Crippen LogP contribution in [0.2, 0.25) is 5.02 Å². The summed E-state index contributed by atoms with van der Waals surface area (Å²) in [6.07, 6.45) is 0.0406. The first-order valence-electron chi connectivity index (χ1n) is 6.54. The van der Waals surface area contributed by atoms with Crippen LogP contribution in [0.1, 0.15) is 33.3 Å². The van der Waals surface area contributed by atoms with Crippen LogP contribution in [0.25, 0.3) is 0 Å².